The van der Waals surface area contributed by atoms with E-state index in [-0.39, 0.29) is 19.2 Å². The lowest BCUT2D eigenvalue weighted by molar-refractivity contribution is -0.122. The standard InChI is InChI=1S/C19H21ClN2O4/c1-22(10-14-8-15(20)4-6-16(14)24-2)11-19(23)21-9-13-3-5-17-18(7-13)26-12-25-17/h3-8H,9-12H2,1-2H3,(H,21,23). The van der Waals surface area contributed by atoms with Gasteiger partial charge in [0.1, 0.15) is 5.75 Å². The molecular formula is C19H21ClN2O4. The Balaban J connectivity index is 1.51. The second-order valence-electron chi connectivity index (χ2n) is 6.09. The van der Waals surface area contributed by atoms with Crippen LogP contribution in [0.25, 0.3) is 0 Å². The maximum absolute atomic E-state index is 12.2. The van der Waals surface area contributed by atoms with Crippen molar-refractivity contribution in [1.29, 1.82) is 0 Å². The van der Waals surface area contributed by atoms with Crippen LogP contribution in [0.5, 0.6) is 17.2 Å². The van der Waals surface area contributed by atoms with Gasteiger partial charge in [-0.25, -0.2) is 0 Å². The fraction of sp³-hybridized carbons (Fsp3) is 0.316. The summed E-state index contributed by atoms with van der Waals surface area (Å²) >= 11 is 6.05. The van der Waals surface area contributed by atoms with Crippen molar-refractivity contribution >= 4 is 17.5 Å². The molecule has 0 spiro atoms. The van der Waals surface area contributed by atoms with Crippen molar-refractivity contribution in [3.63, 3.8) is 0 Å². The molecule has 0 fully saturated rings. The minimum Gasteiger partial charge on any atom is -0.496 e. The van der Waals surface area contributed by atoms with E-state index >= 15 is 0 Å². The molecule has 1 N–H and O–H groups in total. The summed E-state index contributed by atoms with van der Waals surface area (Å²) in [5, 5.41) is 3.55. The Hall–Kier alpha value is -2.44. The molecule has 1 aliphatic rings. The summed E-state index contributed by atoms with van der Waals surface area (Å²) in [6.45, 7) is 1.49. The number of carbonyl (C=O) groups is 1. The molecule has 3 rings (SSSR count). The molecule has 0 bridgehead atoms. The molecule has 0 saturated carbocycles. The number of hydrogen-bond donors (Lipinski definition) is 1. The first kappa shape index (κ1) is 18.4. The number of halogens is 1. The average molecular weight is 377 g/mol. The lowest BCUT2D eigenvalue weighted by Crippen LogP contribution is -2.34. The van der Waals surface area contributed by atoms with Gasteiger partial charge in [0.15, 0.2) is 11.5 Å². The van der Waals surface area contributed by atoms with Crippen molar-refractivity contribution in [2.45, 2.75) is 13.1 Å². The molecule has 2 aromatic rings. The van der Waals surface area contributed by atoms with Gasteiger partial charge in [-0.3, -0.25) is 9.69 Å². The topological polar surface area (TPSA) is 60.0 Å². The number of amides is 1. The van der Waals surface area contributed by atoms with Crippen LogP contribution in [0.4, 0.5) is 0 Å². The summed E-state index contributed by atoms with van der Waals surface area (Å²) in [5.74, 6) is 2.13. The summed E-state index contributed by atoms with van der Waals surface area (Å²) < 4.78 is 16.0. The molecule has 0 unspecified atom stereocenters. The van der Waals surface area contributed by atoms with Gasteiger partial charge in [0.05, 0.1) is 13.7 Å². The first-order valence-corrected chi connectivity index (χ1v) is 8.59. The molecule has 2 aromatic carbocycles. The van der Waals surface area contributed by atoms with Gasteiger partial charge in [0, 0.05) is 23.7 Å². The molecule has 0 saturated heterocycles. The molecule has 1 amide bonds. The highest BCUT2D eigenvalue weighted by atomic mass is 35.5. The van der Waals surface area contributed by atoms with Crippen LogP contribution in [0.1, 0.15) is 11.1 Å². The largest absolute Gasteiger partial charge is 0.496 e. The third-order valence-electron chi connectivity index (χ3n) is 4.02. The van der Waals surface area contributed by atoms with Crippen LogP contribution in [-0.2, 0) is 17.9 Å². The fourth-order valence-corrected chi connectivity index (χ4v) is 2.96. The number of ether oxygens (including phenoxy) is 3. The second-order valence-corrected chi connectivity index (χ2v) is 6.53. The summed E-state index contributed by atoms with van der Waals surface area (Å²) in [6.07, 6.45) is 0. The predicted molar refractivity (Wildman–Crippen MR) is 98.7 cm³/mol. The highest BCUT2D eigenvalue weighted by molar-refractivity contribution is 6.30. The smallest absolute Gasteiger partial charge is 0.234 e. The maximum atomic E-state index is 12.2. The van der Waals surface area contributed by atoms with Crippen LogP contribution in [0, 0.1) is 0 Å². The highest BCUT2D eigenvalue weighted by Crippen LogP contribution is 2.32. The first-order chi connectivity index (χ1) is 12.5. The molecule has 26 heavy (non-hydrogen) atoms. The van der Waals surface area contributed by atoms with Crippen LogP contribution >= 0.6 is 11.6 Å². The Bertz CT molecular complexity index is 797. The zero-order valence-electron chi connectivity index (χ0n) is 14.8. The normalized spacial score (nSPS) is 12.3. The van der Waals surface area contributed by atoms with Crippen LogP contribution < -0.4 is 19.5 Å². The number of hydrogen-bond acceptors (Lipinski definition) is 5. The number of benzene rings is 2. The summed E-state index contributed by atoms with van der Waals surface area (Å²) in [5.41, 5.74) is 1.90. The predicted octanol–water partition coefficient (Wildman–Crippen LogP) is 2.83. The van der Waals surface area contributed by atoms with Crippen molar-refractivity contribution in [3.05, 3.63) is 52.5 Å². The quantitative estimate of drug-likeness (QED) is 0.805. The van der Waals surface area contributed by atoms with Gasteiger partial charge in [-0.2, -0.15) is 0 Å². The first-order valence-electron chi connectivity index (χ1n) is 8.21. The van der Waals surface area contributed by atoms with Gasteiger partial charge < -0.3 is 19.5 Å². The Morgan fingerprint density at radius 3 is 2.85 bits per heavy atom. The molecule has 7 heteroatoms. The van der Waals surface area contributed by atoms with Crippen LogP contribution in [-0.4, -0.2) is 38.3 Å². The zero-order valence-corrected chi connectivity index (χ0v) is 15.5. The average Bonchev–Trinajstić information content (AvgIpc) is 3.08. The Kier molecular flexibility index (Phi) is 5.85. The lowest BCUT2D eigenvalue weighted by Gasteiger charge is -2.18. The van der Waals surface area contributed by atoms with E-state index in [9.17, 15) is 4.79 Å². The number of likely N-dealkylation sites (N-methyl/N-ethyl adjacent to an activating group) is 1. The molecule has 0 aliphatic carbocycles. The maximum Gasteiger partial charge on any atom is 0.234 e. The minimum atomic E-state index is -0.0637. The van der Waals surface area contributed by atoms with E-state index < -0.39 is 0 Å². The van der Waals surface area contributed by atoms with Gasteiger partial charge in [-0.1, -0.05) is 17.7 Å². The molecule has 0 atom stereocenters. The molecular weight excluding hydrogens is 356 g/mol. The van der Waals surface area contributed by atoms with Crippen molar-refractivity contribution in [1.82, 2.24) is 10.2 Å². The van der Waals surface area contributed by atoms with Crippen LogP contribution in [0.15, 0.2) is 36.4 Å². The van der Waals surface area contributed by atoms with Crippen LogP contribution in [0.3, 0.4) is 0 Å². The van der Waals surface area contributed by atoms with Crippen molar-refractivity contribution in [3.8, 4) is 17.2 Å². The van der Waals surface area contributed by atoms with Gasteiger partial charge >= 0.3 is 0 Å². The molecule has 1 aliphatic heterocycles. The van der Waals surface area contributed by atoms with E-state index in [2.05, 4.69) is 5.32 Å². The van der Waals surface area contributed by atoms with E-state index in [1.807, 2.05) is 42.3 Å². The molecule has 138 valence electrons. The number of rotatable bonds is 7. The fourth-order valence-electron chi connectivity index (χ4n) is 2.77. The van der Waals surface area contributed by atoms with Crippen molar-refractivity contribution in [2.75, 3.05) is 27.5 Å². The van der Waals surface area contributed by atoms with Gasteiger partial charge in [0.25, 0.3) is 0 Å². The number of nitrogens with zero attached hydrogens (tertiary/aromatic N) is 1. The van der Waals surface area contributed by atoms with Crippen molar-refractivity contribution < 1.29 is 19.0 Å². The van der Waals surface area contributed by atoms with Gasteiger partial charge in [-0.05, 0) is 42.9 Å². The number of fused-ring (bicyclic) bond motifs is 1. The number of carbonyl (C=O) groups excluding carboxylic acids is 1. The third-order valence-corrected chi connectivity index (χ3v) is 4.26. The number of nitrogens with one attached hydrogen (secondary N) is 1. The summed E-state index contributed by atoms with van der Waals surface area (Å²) in [7, 11) is 3.49. The minimum absolute atomic E-state index is 0.0637. The Labute approximate surface area is 157 Å². The molecule has 6 nitrogen and oxygen atoms in total. The zero-order chi connectivity index (χ0) is 18.5. The third kappa shape index (κ3) is 4.59. The second kappa shape index (κ2) is 8.29. The van der Waals surface area contributed by atoms with Gasteiger partial charge in [-0.15, -0.1) is 0 Å². The van der Waals surface area contributed by atoms with E-state index in [1.165, 1.54) is 0 Å². The Morgan fingerprint density at radius 1 is 1.23 bits per heavy atom. The van der Waals surface area contributed by atoms with Crippen LogP contribution in [0.2, 0.25) is 5.02 Å². The summed E-state index contributed by atoms with van der Waals surface area (Å²) in [4.78, 5) is 14.1. The molecule has 0 aromatic heterocycles. The lowest BCUT2D eigenvalue weighted by atomic mass is 10.2. The Morgan fingerprint density at radius 2 is 2.04 bits per heavy atom. The van der Waals surface area contributed by atoms with E-state index in [1.54, 1.807) is 13.2 Å². The van der Waals surface area contributed by atoms with E-state index in [4.69, 9.17) is 25.8 Å². The van der Waals surface area contributed by atoms with Gasteiger partial charge in [0.2, 0.25) is 12.7 Å². The van der Waals surface area contributed by atoms with E-state index in [0.29, 0.717) is 23.9 Å². The summed E-state index contributed by atoms with van der Waals surface area (Å²) in [6, 6.07) is 11.1. The monoisotopic (exact) mass is 376 g/mol. The number of methoxy groups -OCH3 is 1. The van der Waals surface area contributed by atoms with E-state index in [0.717, 1.165) is 22.6 Å². The highest BCUT2D eigenvalue weighted by Gasteiger charge is 2.14. The van der Waals surface area contributed by atoms with Crippen molar-refractivity contribution in [2.24, 2.45) is 0 Å². The molecule has 1 heterocycles. The molecule has 0 radical (unpaired) electrons. The SMILES string of the molecule is COc1ccc(Cl)cc1CN(C)CC(=O)NCc1ccc2c(c1)OCO2.